The van der Waals surface area contributed by atoms with Gasteiger partial charge in [0.25, 0.3) is 5.56 Å². The zero-order chi connectivity index (χ0) is 19.0. The van der Waals surface area contributed by atoms with E-state index in [-0.39, 0.29) is 16.7 Å². The van der Waals surface area contributed by atoms with E-state index in [1.54, 1.807) is 23.1 Å². The van der Waals surface area contributed by atoms with Crippen molar-refractivity contribution in [2.75, 3.05) is 6.54 Å². The Labute approximate surface area is 167 Å². The first-order chi connectivity index (χ1) is 13.0. The number of thiophene rings is 1. The molecule has 0 spiro atoms. The van der Waals surface area contributed by atoms with Crippen LogP contribution in [0, 0.1) is 0 Å². The van der Waals surface area contributed by atoms with Gasteiger partial charge in [0.05, 0.1) is 16.4 Å². The quantitative estimate of drug-likeness (QED) is 0.838. The van der Waals surface area contributed by atoms with E-state index < -0.39 is 0 Å². The van der Waals surface area contributed by atoms with Crippen LogP contribution in [0.1, 0.15) is 62.2 Å². The summed E-state index contributed by atoms with van der Waals surface area (Å²) >= 11 is 3.24. The number of aryl methyl sites for hydroxylation is 2. The van der Waals surface area contributed by atoms with Gasteiger partial charge in [-0.1, -0.05) is 0 Å². The van der Waals surface area contributed by atoms with Gasteiger partial charge < -0.3 is 9.88 Å². The Hall–Kier alpha value is -1.34. The average molecular weight is 406 g/mol. The summed E-state index contributed by atoms with van der Waals surface area (Å²) in [6.07, 6.45) is 7.83. The molecule has 1 aliphatic carbocycles. The van der Waals surface area contributed by atoms with Crippen molar-refractivity contribution in [3.05, 3.63) is 26.6 Å². The number of amides is 1. The molecule has 4 rings (SSSR count). The molecule has 0 saturated carbocycles. The molecular weight excluding hydrogens is 378 g/mol. The molecule has 0 radical (unpaired) electrons. The van der Waals surface area contributed by atoms with E-state index in [0.29, 0.717) is 17.6 Å². The van der Waals surface area contributed by atoms with Crippen LogP contribution < -0.4 is 5.56 Å². The molecule has 0 unspecified atom stereocenters. The second kappa shape index (κ2) is 7.95. The molecule has 1 amide bonds. The van der Waals surface area contributed by atoms with Crippen LogP contribution in [0.2, 0.25) is 0 Å². The minimum absolute atomic E-state index is 0.0152. The molecule has 0 bridgehead atoms. The van der Waals surface area contributed by atoms with Gasteiger partial charge in [-0.25, -0.2) is 4.98 Å². The fraction of sp³-hybridized carbons (Fsp3) is 0.650. The molecule has 1 saturated heterocycles. The predicted molar refractivity (Wildman–Crippen MR) is 113 cm³/mol. The standard InChI is InChI=1S/C20H27N3O2S2/c1-12-7-5-6-10-23(12)20(25)13(2)26-11-16-21-18(24)17-14-8-3-4-9-15(14)27-19(17)22-16/h12-13H,3-11H2,1-2H3,(H,21,22,24)/t12-,13+/m0/s1. The van der Waals surface area contributed by atoms with Gasteiger partial charge in [-0.05, 0) is 64.4 Å². The first kappa shape index (κ1) is 19.0. The number of carbonyl (C=O) groups is 1. The first-order valence-electron chi connectivity index (χ1n) is 10.00. The second-order valence-electron chi connectivity index (χ2n) is 7.73. The molecule has 2 atom stereocenters. The lowest BCUT2D eigenvalue weighted by Crippen LogP contribution is -2.45. The SMILES string of the molecule is C[C@@H](SCc1nc2sc3c(c2c(=O)[nH]1)CCCC3)C(=O)N1CCCC[C@@H]1C. The number of thioether (sulfide) groups is 1. The summed E-state index contributed by atoms with van der Waals surface area (Å²) in [5.41, 5.74) is 1.20. The number of hydrogen-bond donors (Lipinski definition) is 1. The Bertz CT molecular complexity index is 904. The summed E-state index contributed by atoms with van der Waals surface area (Å²) in [6, 6.07) is 0.334. The minimum atomic E-state index is -0.122. The highest BCUT2D eigenvalue weighted by molar-refractivity contribution is 7.99. The van der Waals surface area contributed by atoms with E-state index in [4.69, 9.17) is 4.98 Å². The Morgan fingerprint density at radius 3 is 2.96 bits per heavy atom. The van der Waals surface area contributed by atoms with Gasteiger partial charge in [-0.3, -0.25) is 9.59 Å². The number of piperidine rings is 1. The van der Waals surface area contributed by atoms with Gasteiger partial charge in [0, 0.05) is 17.5 Å². The number of nitrogens with one attached hydrogen (secondary N) is 1. The summed E-state index contributed by atoms with van der Waals surface area (Å²) in [4.78, 5) is 37.3. The van der Waals surface area contributed by atoms with Crippen LogP contribution in [0.15, 0.2) is 4.79 Å². The number of fused-ring (bicyclic) bond motifs is 3. The summed E-state index contributed by atoms with van der Waals surface area (Å²) < 4.78 is 0. The number of H-pyrrole nitrogens is 1. The maximum atomic E-state index is 12.8. The van der Waals surface area contributed by atoms with Gasteiger partial charge in [0.2, 0.25) is 5.91 Å². The number of nitrogens with zero attached hydrogens (tertiary/aromatic N) is 2. The monoisotopic (exact) mass is 405 g/mol. The molecular formula is C20H27N3O2S2. The van der Waals surface area contributed by atoms with E-state index >= 15 is 0 Å². The summed E-state index contributed by atoms with van der Waals surface area (Å²) in [5, 5.41) is 0.679. The largest absolute Gasteiger partial charge is 0.339 e. The molecule has 5 nitrogen and oxygen atoms in total. The Morgan fingerprint density at radius 1 is 1.33 bits per heavy atom. The highest BCUT2D eigenvalue weighted by atomic mass is 32.2. The lowest BCUT2D eigenvalue weighted by Gasteiger charge is -2.35. The third kappa shape index (κ3) is 3.81. The molecule has 3 heterocycles. The van der Waals surface area contributed by atoms with Crippen molar-refractivity contribution in [2.24, 2.45) is 0 Å². The molecule has 7 heteroatoms. The van der Waals surface area contributed by atoms with Crippen molar-refractivity contribution in [3.8, 4) is 0 Å². The molecule has 0 aromatic carbocycles. The summed E-state index contributed by atoms with van der Waals surface area (Å²) in [7, 11) is 0. The van der Waals surface area contributed by atoms with E-state index in [9.17, 15) is 9.59 Å². The van der Waals surface area contributed by atoms with Gasteiger partial charge in [-0.15, -0.1) is 23.1 Å². The smallest absolute Gasteiger partial charge is 0.259 e. The van der Waals surface area contributed by atoms with Crippen LogP contribution in [-0.4, -0.2) is 38.6 Å². The summed E-state index contributed by atoms with van der Waals surface area (Å²) in [5.74, 6) is 1.45. The van der Waals surface area contributed by atoms with Crippen molar-refractivity contribution < 1.29 is 4.79 Å². The molecule has 27 heavy (non-hydrogen) atoms. The van der Waals surface area contributed by atoms with Crippen molar-refractivity contribution in [3.63, 3.8) is 0 Å². The minimum Gasteiger partial charge on any atom is -0.339 e. The fourth-order valence-electron chi connectivity index (χ4n) is 4.21. The Morgan fingerprint density at radius 2 is 2.15 bits per heavy atom. The third-order valence-electron chi connectivity index (χ3n) is 5.78. The van der Waals surface area contributed by atoms with Crippen LogP contribution in [0.3, 0.4) is 0 Å². The van der Waals surface area contributed by atoms with Gasteiger partial charge in [0.15, 0.2) is 0 Å². The molecule has 2 aromatic rings. The van der Waals surface area contributed by atoms with Crippen molar-refractivity contribution in [1.29, 1.82) is 0 Å². The third-order valence-corrected chi connectivity index (χ3v) is 8.11. The number of carbonyl (C=O) groups excluding carboxylic acids is 1. The molecule has 2 aromatic heterocycles. The van der Waals surface area contributed by atoms with Crippen LogP contribution in [-0.2, 0) is 23.4 Å². The maximum Gasteiger partial charge on any atom is 0.259 e. The Kier molecular flexibility index (Phi) is 5.60. The number of aromatic amines is 1. The second-order valence-corrected chi connectivity index (χ2v) is 10.1. The lowest BCUT2D eigenvalue weighted by atomic mass is 9.97. The fourth-order valence-corrected chi connectivity index (χ4v) is 6.31. The molecule has 2 aliphatic rings. The maximum absolute atomic E-state index is 12.8. The van der Waals surface area contributed by atoms with Gasteiger partial charge in [0.1, 0.15) is 10.7 Å². The van der Waals surface area contributed by atoms with Crippen LogP contribution >= 0.6 is 23.1 Å². The normalized spacial score (nSPS) is 21.3. The number of aromatic nitrogens is 2. The highest BCUT2D eigenvalue weighted by Crippen LogP contribution is 2.33. The Balaban J connectivity index is 1.47. The van der Waals surface area contributed by atoms with Crippen molar-refractivity contribution >= 4 is 39.2 Å². The lowest BCUT2D eigenvalue weighted by molar-refractivity contribution is -0.133. The topological polar surface area (TPSA) is 66.1 Å². The van der Waals surface area contributed by atoms with Crippen molar-refractivity contribution in [1.82, 2.24) is 14.9 Å². The van der Waals surface area contributed by atoms with Gasteiger partial charge >= 0.3 is 0 Å². The molecule has 146 valence electrons. The first-order valence-corrected chi connectivity index (χ1v) is 11.9. The number of likely N-dealkylation sites (tertiary alicyclic amines) is 1. The van der Waals surface area contributed by atoms with E-state index in [1.165, 1.54) is 23.3 Å². The number of hydrogen-bond acceptors (Lipinski definition) is 5. The van der Waals surface area contributed by atoms with Crippen LogP contribution in [0.25, 0.3) is 10.2 Å². The summed E-state index contributed by atoms with van der Waals surface area (Å²) in [6.45, 7) is 4.97. The van der Waals surface area contributed by atoms with E-state index in [2.05, 4.69) is 11.9 Å². The number of rotatable bonds is 4. The highest BCUT2D eigenvalue weighted by Gasteiger charge is 2.27. The average Bonchev–Trinajstić information content (AvgIpc) is 3.04. The zero-order valence-electron chi connectivity index (χ0n) is 16.0. The molecule has 1 aliphatic heterocycles. The molecule has 1 fully saturated rings. The zero-order valence-corrected chi connectivity index (χ0v) is 17.7. The van der Waals surface area contributed by atoms with Crippen molar-refractivity contribution in [2.45, 2.75) is 75.8 Å². The van der Waals surface area contributed by atoms with Gasteiger partial charge in [-0.2, -0.15) is 0 Å². The molecule has 1 N–H and O–H groups in total. The van der Waals surface area contributed by atoms with Crippen LogP contribution in [0.4, 0.5) is 0 Å². The van der Waals surface area contributed by atoms with Crippen LogP contribution in [0.5, 0.6) is 0 Å². The van der Waals surface area contributed by atoms with E-state index in [1.807, 2.05) is 11.8 Å². The predicted octanol–water partition coefficient (Wildman–Crippen LogP) is 3.89. The van der Waals surface area contributed by atoms with E-state index in [0.717, 1.165) is 48.9 Å².